The van der Waals surface area contributed by atoms with E-state index in [2.05, 4.69) is 36.4 Å². The highest BCUT2D eigenvalue weighted by Crippen LogP contribution is 2.48. The fourth-order valence-corrected chi connectivity index (χ4v) is 8.71. The number of benzene rings is 3. The molecule has 0 amide bonds. The molecule has 0 saturated carbocycles. The van der Waals surface area contributed by atoms with Gasteiger partial charge in [-0.3, -0.25) is 0 Å². The Morgan fingerprint density at radius 1 is 0.892 bits per heavy atom. The molecule has 1 saturated heterocycles. The number of hydrogen-bond donors (Lipinski definition) is 0. The number of esters is 1. The fourth-order valence-electron chi connectivity index (χ4n) is 4.35. The van der Waals surface area contributed by atoms with Gasteiger partial charge in [0.15, 0.2) is 6.29 Å². The van der Waals surface area contributed by atoms with Crippen molar-refractivity contribution in [3.05, 3.63) is 119 Å². The lowest BCUT2D eigenvalue weighted by atomic mass is 10.2. The minimum absolute atomic E-state index is 0.255. The van der Waals surface area contributed by atoms with Crippen molar-refractivity contribution in [1.82, 2.24) is 0 Å². The summed E-state index contributed by atoms with van der Waals surface area (Å²) >= 11 is 1.52. The van der Waals surface area contributed by atoms with Gasteiger partial charge in [-0.2, -0.15) is 0 Å². The van der Waals surface area contributed by atoms with Gasteiger partial charge in [0.2, 0.25) is 0 Å². The van der Waals surface area contributed by atoms with Gasteiger partial charge in [-0.15, -0.1) is 11.3 Å². The van der Waals surface area contributed by atoms with Gasteiger partial charge in [0.25, 0.3) is 0 Å². The zero-order valence-corrected chi connectivity index (χ0v) is 22.2. The van der Waals surface area contributed by atoms with Gasteiger partial charge in [0.1, 0.15) is 5.70 Å². The first-order valence-corrected chi connectivity index (χ1v) is 14.8. The van der Waals surface area contributed by atoms with Gasteiger partial charge in [0, 0.05) is 26.4 Å². The van der Waals surface area contributed by atoms with Crippen LogP contribution in [0.3, 0.4) is 0 Å². The van der Waals surface area contributed by atoms with E-state index >= 15 is 0 Å². The minimum Gasteiger partial charge on any atom is -0.461 e. The molecule has 7 heteroatoms. The van der Waals surface area contributed by atoms with E-state index in [1.807, 2.05) is 72.1 Å². The molecule has 1 aliphatic rings. The lowest BCUT2D eigenvalue weighted by Crippen LogP contribution is -2.26. The Morgan fingerprint density at radius 3 is 1.89 bits per heavy atom. The highest BCUT2D eigenvalue weighted by atomic mass is 32.1. The third-order valence-electron chi connectivity index (χ3n) is 6.00. The number of rotatable bonds is 8. The van der Waals surface area contributed by atoms with Crippen molar-refractivity contribution in [2.75, 3.05) is 19.8 Å². The standard InChI is InChI=1S/C30H28NO4PS/c1-2-33-29(32)27(22-28-26(18-21-37-28)30-34-19-20-35-30)31-36(23-12-6-3-7-13-23,24-14-8-4-9-15-24)25-16-10-5-11-17-25/h3-18,21-22,30H,2,19-20H2,1H3/b27-22-. The van der Waals surface area contributed by atoms with Gasteiger partial charge in [-0.25, -0.2) is 9.54 Å². The maximum atomic E-state index is 13.4. The molecule has 1 fully saturated rings. The Hall–Kier alpha value is -3.28. The van der Waals surface area contributed by atoms with Crippen LogP contribution in [0.4, 0.5) is 0 Å². The van der Waals surface area contributed by atoms with Crippen molar-refractivity contribution >= 4 is 46.4 Å². The minimum atomic E-state index is -2.65. The molecule has 1 aromatic heterocycles. The summed E-state index contributed by atoms with van der Waals surface area (Å²) in [5.74, 6) is -0.456. The Bertz CT molecular complexity index is 1310. The van der Waals surface area contributed by atoms with E-state index < -0.39 is 19.3 Å². The van der Waals surface area contributed by atoms with Gasteiger partial charge in [0.05, 0.1) is 26.9 Å². The van der Waals surface area contributed by atoms with Crippen LogP contribution in [0.2, 0.25) is 0 Å². The average Bonchev–Trinajstić information content (AvgIpc) is 3.65. The van der Waals surface area contributed by atoms with Crippen LogP contribution in [-0.4, -0.2) is 25.8 Å². The molecule has 0 bridgehead atoms. The summed E-state index contributed by atoms with van der Waals surface area (Å²) in [5, 5.41) is 5.13. The lowest BCUT2D eigenvalue weighted by Gasteiger charge is -2.27. The zero-order valence-electron chi connectivity index (χ0n) is 20.5. The van der Waals surface area contributed by atoms with E-state index in [-0.39, 0.29) is 12.3 Å². The van der Waals surface area contributed by atoms with Gasteiger partial charge < -0.3 is 14.2 Å². The van der Waals surface area contributed by atoms with Crippen LogP contribution in [0.5, 0.6) is 0 Å². The number of nitrogens with zero attached hydrogens (tertiary/aromatic N) is 1. The van der Waals surface area contributed by atoms with Crippen molar-refractivity contribution < 1.29 is 19.0 Å². The van der Waals surface area contributed by atoms with E-state index in [9.17, 15) is 4.79 Å². The van der Waals surface area contributed by atoms with Crippen LogP contribution in [0.15, 0.2) is 113 Å². The molecule has 37 heavy (non-hydrogen) atoms. The number of ether oxygens (including phenoxy) is 3. The van der Waals surface area contributed by atoms with Crippen LogP contribution in [0.1, 0.15) is 23.7 Å². The second-order valence-electron chi connectivity index (χ2n) is 8.31. The molecule has 0 N–H and O–H groups in total. The van der Waals surface area contributed by atoms with E-state index in [0.29, 0.717) is 13.2 Å². The summed E-state index contributed by atoms with van der Waals surface area (Å²) in [6.07, 6.45) is 1.38. The van der Waals surface area contributed by atoms with Crippen molar-refractivity contribution in [3.8, 4) is 0 Å². The smallest absolute Gasteiger partial charge is 0.356 e. The summed E-state index contributed by atoms with van der Waals surface area (Å²) in [6, 6.07) is 32.6. The Morgan fingerprint density at radius 2 is 1.41 bits per heavy atom. The molecule has 0 atom stereocenters. The van der Waals surface area contributed by atoms with E-state index in [4.69, 9.17) is 19.0 Å². The highest BCUT2D eigenvalue weighted by Gasteiger charge is 2.30. The van der Waals surface area contributed by atoms with Crippen molar-refractivity contribution in [3.63, 3.8) is 0 Å². The van der Waals surface area contributed by atoms with Crippen molar-refractivity contribution in [2.45, 2.75) is 13.2 Å². The predicted molar refractivity (Wildman–Crippen MR) is 151 cm³/mol. The molecule has 188 valence electrons. The first kappa shape index (κ1) is 25.4. The second kappa shape index (κ2) is 11.8. The summed E-state index contributed by atoms with van der Waals surface area (Å²) < 4.78 is 22.4. The molecule has 5 nitrogen and oxygen atoms in total. The molecule has 0 radical (unpaired) electrons. The average molecular weight is 530 g/mol. The van der Waals surface area contributed by atoms with Crippen LogP contribution in [0.25, 0.3) is 6.08 Å². The monoisotopic (exact) mass is 529 g/mol. The topological polar surface area (TPSA) is 57.1 Å². The number of carbonyl (C=O) groups excluding carboxylic acids is 1. The number of thiophene rings is 1. The zero-order chi connectivity index (χ0) is 25.5. The number of carbonyl (C=O) groups is 1. The Kier molecular flexibility index (Phi) is 8.12. The summed E-state index contributed by atoms with van der Waals surface area (Å²) in [6.45, 7) is 3.15. The highest BCUT2D eigenvalue weighted by molar-refractivity contribution is 7.87. The first-order chi connectivity index (χ1) is 18.2. The van der Waals surface area contributed by atoms with Gasteiger partial charge >= 0.3 is 5.97 Å². The molecule has 2 heterocycles. The normalized spacial score (nSPS) is 14.5. The first-order valence-electron chi connectivity index (χ1n) is 12.2. The van der Waals surface area contributed by atoms with E-state index in [0.717, 1.165) is 26.4 Å². The van der Waals surface area contributed by atoms with Crippen molar-refractivity contribution in [2.24, 2.45) is 4.74 Å². The molecule has 0 aliphatic carbocycles. The molecule has 5 rings (SSSR count). The molecular weight excluding hydrogens is 501 g/mol. The third-order valence-corrected chi connectivity index (χ3v) is 10.5. The quantitative estimate of drug-likeness (QED) is 0.163. The van der Waals surface area contributed by atoms with E-state index in [1.165, 1.54) is 11.3 Å². The van der Waals surface area contributed by atoms with Crippen LogP contribution < -0.4 is 15.9 Å². The summed E-state index contributed by atoms with van der Waals surface area (Å²) in [7, 11) is -2.65. The lowest BCUT2D eigenvalue weighted by molar-refractivity contribution is -0.138. The Balaban J connectivity index is 1.81. The SMILES string of the molecule is CCOC(=O)/C(=C/c1sccc1C1OCCO1)N=P(c1ccccc1)(c1ccccc1)c1ccccc1. The van der Waals surface area contributed by atoms with Crippen molar-refractivity contribution in [1.29, 1.82) is 0 Å². The molecule has 1 aliphatic heterocycles. The molecule has 4 aromatic rings. The predicted octanol–water partition coefficient (Wildman–Crippen LogP) is 5.88. The maximum Gasteiger partial charge on any atom is 0.356 e. The van der Waals surface area contributed by atoms with Gasteiger partial charge in [-0.05, 0) is 24.4 Å². The van der Waals surface area contributed by atoms with Crippen LogP contribution >= 0.6 is 18.4 Å². The fraction of sp³-hybridized carbons (Fsp3) is 0.167. The Labute approximate surface area is 221 Å². The second-order valence-corrected chi connectivity index (χ2v) is 12.3. The molecular formula is C30H28NO4PS. The van der Waals surface area contributed by atoms with Gasteiger partial charge in [-0.1, -0.05) is 91.0 Å². The molecule has 0 spiro atoms. The maximum absolute atomic E-state index is 13.4. The largest absolute Gasteiger partial charge is 0.461 e. The van der Waals surface area contributed by atoms with Crippen LogP contribution in [-0.2, 0) is 19.0 Å². The molecule has 0 unspecified atom stereocenters. The molecule has 3 aromatic carbocycles. The third kappa shape index (κ3) is 5.39. The number of hydrogen-bond acceptors (Lipinski definition) is 6. The van der Waals surface area contributed by atoms with E-state index in [1.54, 1.807) is 6.92 Å². The summed E-state index contributed by atoms with van der Waals surface area (Å²) in [4.78, 5) is 14.3. The van der Waals surface area contributed by atoms with Crippen LogP contribution in [0, 0.1) is 0 Å². The summed E-state index contributed by atoms with van der Waals surface area (Å²) in [5.41, 5.74) is 1.16.